The number of aromatic amines is 1. The van der Waals surface area contributed by atoms with Gasteiger partial charge in [-0.05, 0) is 40.7 Å². The van der Waals surface area contributed by atoms with Gasteiger partial charge < -0.3 is 5.32 Å². The summed E-state index contributed by atoms with van der Waals surface area (Å²) < 4.78 is 0.895. The van der Waals surface area contributed by atoms with Crippen LogP contribution in [0.3, 0.4) is 0 Å². The standard InChI is InChI=1S/C11H12BrClN4/c1-14-6-11-15-10(16-17-11)5-7-2-3-9(13)8(12)4-7/h2-4,14H,5-6H2,1H3,(H,15,16,17). The third kappa shape index (κ3) is 3.28. The Labute approximate surface area is 113 Å². The van der Waals surface area contributed by atoms with E-state index in [0.29, 0.717) is 18.0 Å². The molecule has 0 saturated heterocycles. The molecule has 0 aliphatic heterocycles. The second kappa shape index (κ2) is 5.62. The lowest BCUT2D eigenvalue weighted by Crippen LogP contribution is -2.06. The number of aromatic nitrogens is 3. The van der Waals surface area contributed by atoms with Crippen LogP contribution in [0.15, 0.2) is 22.7 Å². The molecule has 0 aliphatic rings. The van der Waals surface area contributed by atoms with Crippen molar-refractivity contribution in [3.05, 3.63) is 44.9 Å². The highest BCUT2D eigenvalue weighted by atomic mass is 79.9. The molecule has 2 aromatic rings. The molecular formula is C11H12BrClN4. The Morgan fingerprint density at radius 3 is 3.00 bits per heavy atom. The van der Waals surface area contributed by atoms with Crippen molar-refractivity contribution in [1.82, 2.24) is 20.5 Å². The van der Waals surface area contributed by atoms with Crippen molar-refractivity contribution in [2.75, 3.05) is 7.05 Å². The third-order valence-electron chi connectivity index (χ3n) is 2.27. The summed E-state index contributed by atoms with van der Waals surface area (Å²) in [6, 6.07) is 5.84. The smallest absolute Gasteiger partial charge is 0.164 e. The molecule has 2 rings (SSSR count). The zero-order chi connectivity index (χ0) is 12.3. The molecule has 0 unspecified atom stereocenters. The minimum absolute atomic E-state index is 0.667. The van der Waals surface area contributed by atoms with Crippen molar-refractivity contribution in [3.63, 3.8) is 0 Å². The normalized spacial score (nSPS) is 10.8. The van der Waals surface area contributed by atoms with E-state index >= 15 is 0 Å². The summed E-state index contributed by atoms with van der Waals surface area (Å²) in [5, 5.41) is 10.7. The van der Waals surface area contributed by atoms with Crippen LogP contribution in [0.4, 0.5) is 0 Å². The molecule has 0 fully saturated rings. The van der Waals surface area contributed by atoms with Gasteiger partial charge in [-0.3, -0.25) is 5.10 Å². The molecule has 0 saturated carbocycles. The summed E-state index contributed by atoms with van der Waals surface area (Å²) in [6.07, 6.45) is 0.715. The first-order valence-corrected chi connectivity index (χ1v) is 6.35. The van der Waals surface area contributed by atoms with Gasteiger partial charge in [0.1, 0.15) is 5.82 Å². The minimum Gasteiger partial charge on any atom is -0.313 e. The maximum Gasteiger partial charge on any atom is 0.164 e. The fourth-order valence-electron chi connectivity index (χ4n) is 1.49. The quantitative estimate of drug-likeness (QED) is 0.911. The summed E-state index contributed by atoms with van der Waals surface area (Å²) in [5.41, 5.74) is 1.13. The van der Waals surface area contributed by atoms with E-state index < -0.39 is 0 Å². The molecule has 0 spiro atoms. The second-order valence-electron chi connectivity index (χ2n) is 3.65. The van der Waals surface area contributed by atoms with Gasteiger partial charge in [-0.2, -0.15) is 5.10 Å². The molecule has 2 N–H and O–H groups in total. The fraction of sp³-hybridized carbons (Fsp3) is 0.273. The molecule has 0 radical (unpaired) electrons. The SMILES string of the molecule is CNCc1n[nH]c(Cc2ccc(Cl)c(Br)c2)n1. The summed E-state index contributed by atoms with van der Waals surface area (Å²) in [6.45, 7) is 0.667. The van der Waals surface area contributed by atoms with E-state index in [0.717, 1.165) is 21.7 Å². The first-order chi connectivity index (χ1) is 8.19. The average Bonchev–Trinajstić information content (AvgIpc) is 2.72. The topological polar surface area (TPSA) is 53.6 Å². The molecule has 0 amide bonds. The Balaban J connectivity index is 2.11. The molecule has 1 aromatic heterocycles. The van der Waals surface area contributed by atoms with E-state index in [-0.39, 0.29) is 0 Å². The molecule has 17 heavy (non-hydrogen) atoms. The predicted octanol–water partition coefficient (Wildman–Crippen LogP) is 2.53. The Hall–Kier alpha value is -0.910. The summed E-state index contributed by atoms with van der Waals surface area (Å²) >= 11 is 9.34. The molecule has 1 aromatic carbocycles. The van der Waals surface area contributed by atoms with Crippen LogP contribution >= 0.6 is 27.5 Å². The van der Waals surface area contributed by atoms with Gasteiger partial charge in [0.2, 0.25) is 0 Å². The zero-order valence-electron chi connectivity index (χ0n) is 9.30. The van der Waals surface area contributed by atoms with Gasteiger partial charge in [-0.25, -0.2) is 4.98 Å². The lowest BCUT2D eigenvalue weighted by molar-refractivity contribution is 0.762. The maximum absolute atomic E-state index is 5.94. The van der Waals surface area contributed by atoms with Crippen LogP contribution < -0.4 is 5.32 Å². The Kier molecular flexibility index (Phi) is 4.15. The van der Waals surface area contributed by atoms with E-state index in [1.54, 1.807) is 0 Å². The van der Waals surface area contributed by atoms with Gasteiger partial charge in [0.25, 0.3) is 0 Å². The number of rotatable bonds is 4. The van der Waals surface area contributed by atoms with Crippen LogP contribution in [0, 0.1) is 0 Å². The van der Waals surface area contributed by atoms with Crippen LogP contribution in [-0.4, -0.2) is 22.2 Å². The predicted molar refractivity (Wildman–Crippen MR) is 71.1 cm³/mol. The van der Waals surface area contributed by atoms with Crippen molar-refractivity contribution in [2.45, 2.75) is 13.0 Å². The van der Waals surface area contributed by atoms with E-state index in [1.165, 1.54) is 0 Å². The monoisotopic (exact) mass is 314 g/mol. The molecule has 90 valence electrons. The minimum atomic E-state index is 0.667. The second-order valence-corrected chi connectivity index (χ2v) is 4.92. The van der Waals surface area contributed by atoms with E-state index in [9.17, 15) is 0 Å². The highest BCUT2D eigenvalue weighted by Crippen LogP contribution is 2.23. The van der Waals surface area contributed by atoms with Gasteiger partial charge >= 0.3 is 0 Å². The first kappa shape index (κ1) is 12.5. The number of nitrogens with zero attached hydrogens (tertiary/aromatic N) is 2. The molecule has 4 nitrogen and oxygen atoms in total. The van der Waals surface area contributed by atoms with Gasteiger partial charge in [0.05, 0.1) is 11.6 Å². The number of benzene rings is 1. The van der Waals surface area contributed by atoms with Crippen LogP contribution in [0.1, 0.15) is 17.2 Å². The van der Waals surface area contributed by atoms with E-state index in [1.807, 2.05) is 25.2 Å². The highest BCUT2D eigenvalue weighted by molar-refractivity contribution is 9.10. The molecule has 1 heterocycles. The Morgan fingerprint density at radius 2 is 2.29 bits per heavy atom. The fourth-order valence-corrected chi connectivity index (χ4v) is 2.04. The van der Waals surface area contributed by atoms with Gasteiger partial charge in [-0.15, -0.1) is 0 Å². The van der Waals surface area contributed by atoms with Crippen molar-refractivity contribution in [1.29, 1.82) is 0 Å². The maximum atomic E-state index is 5.94. The van der Waals surface area contributed by atoms with Crippen LogP contribution in [0.2, 0.25) is 5.02 Å². The van der Waals surface area contributed by atoms with Gasteiger partial charge in [0.15, 0.2) is 5.82 Å². The Morgan fingerprint density at radius 1 is 1.47 bits per heavy atom. The van der Waals surface area contributed by atoms with Crippen molar-refractivity contribution in [3.8, 4) is 0 Å². The molecule has 0 aliphatic carbocycles. The summed E-state index contributed by atoms with van der Waals surface area (Å²) in [5.74, 6) is 1.63. The number of H-pyrrole nitrogens is 1. The molecule has 0 bridgehead atoms. The zero-order valence-corrected chi connectivity index (χ0v) is 11.6. The van der Waals surface area contributed by atoms with Crippen molar-refractivity contribution >= 4 is 27.5 Å². The van der Waals surface area contributed by atoms with Crippen molar-refractivity contribution in [2.24, 2.45) is 0 Å². The number of hydrogen-bond acceptors (Lipinski definition) is 3. The molecular weight excluding hydrogens is 304 g/mol. The average molecular weight is 316 g/mol. The van der Waals surface area contributed by atoms with Crippen LogP contribution in [0.5, 0.6) is 0 Å². The summed E-state index contributed by atoms with van der Waals surface area (Å²) in [4.78, 5) is 4.37. The lowest BCUT2D eigenvalue weighted by Gasteiger charge is -2.00. The molecule has 6 heteroatoms. The molecule has 0 atom stereocenters. The van der Waals surface area contributed by atoms with E-state index in [4.69, 9.17) is 11.6 Å². The third-order valence-corrected chi connectivity index (χ3v) is 3.48. The number of halogens is 2. The number of nitrogens with one attached hydrogen (secondary N) is 2. The number of hydrogen-bond donors (Lipinski definition) is 2. The summed E-state index contributed by atoms with van der Waals surface area (Å²) in [7, 11) is 1.87. The largest absolute Gasteiger partial charge is 0.313 e. The first-order valence-electron chi connectivity index (χ1n) is 5.17. The van der Waals surface area contributed by atoms with Gasteiger partial charge in [0, 0.05) is 10.9 Å². The van der Waals surface area contributed by atoms with Crippen molar-refractivity contribution < 1.29 is 0 Å². The highest BCUT2D eigenvalue weighted by Gasteiger charge is 2.05. The van der Waals surface area contributed by atoms with Crippen LogP contribution in [-0.2, 0) is 13.0 Å². The Bertz CT molecular complexity index is 512. The van der Waals surface area contributed by atoms with Gasteiger partial charge in [-0.1, -0.05) is 17.7 Å². The lowest BCUT2D eigenvalue weighted by atomic mass is 10.1. The van der Waals surface area contributed by atoms with E-state index in [2.05, 4.69) is 36.4 Å². The van der Waals surface area contributed by atoms with Crippen LogP contribution in [0.25, 0.3) is 0 Å².